The molecule has 0 radical (unpaired) electrons. The molecule has 0 unspecified atom stereocenters. The minimum atomic E-state index is -4.58. The maximum atomic E-state index is 14.9. The van der Waals surface area contributed by atoms with Crippen molar-refractivity contribution in [3.8, 4) is 11.1 Å². The summed E-state index contributed by atoms with van der Waals surface area (Å²) in [6.07, 6.45) is -1.55. The summed E-state index contributed by atoms with van der Waals surface area (Å²) in [5.41, 5.74) is 0.521. The third-order valence-electron chi connectivity index (χ3n) is 5.07. The molecule has 0 saturated heterocycles. The molecule has 2 aromatic carbocycles. The molecule has 2 aromatic heterocycles. The Kier molecular flexibility index (Phi) is 7.61. The Morgan fingerprint density at radius 3 is 2.47 bits per heavy atom. The number of halogens is 5. The molecular weight excluding hydrogens is 472 g/mol. The van der Waals surface area contributed by atoms with Crippen LogP contribution < -0.4 is 0 Å². The molecule has 0 aliphatic carbocycles. The van der Waals surface area contributed by atoms with Crippen molar-refractivity contribution in [1.29, 1.82) is 0 Å². The molecule has 0 fully saturated rings. The highest BCUT2D eigenvalue weighted by atomic mass is 35.5. The van der Waals surface area contributed by atoms with Crippen LogP contribution in [-0.2, 0) is 17.5 Å². The smallest absolute Gasteiger partial charge is 0.416 e. The Morgan fingerprint density at radius 1 is 1.09 bits per heavy atom. The topological polar surface area (TPSA) is 44.1 Å². The van der Waals surface area contributed by atoms with Gasteiger partial charge < -0.3 is 9.30 Å². The second-order valence-electron chi connectivity index (χ2n) is 6.99. The number of carbonyl (C=O) groups is 1. The molecule has 0 aliphatic heterocycles. The van der Waals surface area contributed by atoms with E-state index in [1.807, 2.05) is 13.8 Å². The SMILES string of the molecule is CC.COC(=O)c1ccc(-c2cn(Cc3c(Cl)cccc3C(F)(F)F)c3cccnc23)c(F)c1. The number of esters is 1. The summed E-state index contributed by atoms with van der Waals surface area (Å²) < 4.78 is 61.6. The lowest BCUT2D eigenvalue weighted by molar-refractivity contribution is -0.138. The number of fused-ring (bicyclic) bond motifs is 1. The van der Waals surface area contributed by atoms with E-state index in [1.54, 1.807) is 16.7 Å². The molecule has 0 N–H and O–H groups in total. The van der Waals surface area contributed by atoms with E-state index in [0.29, 0.717) is 16.6 Å². The molecule has 178 valence electrons. The second-order valence-corrected chi connectivity index (χ2v) is 7.40. The Balaban J connectivity index is 0.00000158. The summed E-state index contributed by atoms with van der Waals surface area (Å²) in [7, 11) is 1.19. The van der Waals surface area contributed by atoms with Crippen LogP contribution in [0.3, 0.4) is 0 Å². The lowest BCUT2D eigenvalue weighted by Gasteiger charge is -2.15. The van der Waals surface area contributed by atoms with Gasteiger partial charge in [0.05, 0.1) is 29.3 Å². The van der Waals surface area contributed by atoms with E-state index in [-0.39, 0.29) is 28.3 Å². The van der Waals surface area contributed by atoms with E-state index in [2.05, 4.69) is 9.72 Å². The van der Waals surface area contributed by atoms with Gasteiger partial charge in [0.25, 0.3) is 0 Å². The molecule has 4 rings (SSSR count). The van der Waals surface area contributed by atoms with Gasteiger partial charge in [-0.1, -0.05) is 37.6 Å². The molecular formula is C25H21ClF4N2O2. The highest BCUT2D eigenvalue weighted by Crippen LogP contribution is 2.37. The molecule has 9 heteroatoms. The Labute approximate surface area is 198 Å². The van der Waals surface area contributed by atoms with E-state index < -0.39 is 23.5 Å². The van der Waals surface area contributed by atoms with Gasteiger partial charge in [-0.15, -0.1) is 0 Å². The summed E-state index contributed by atoms with van der Waals surface area (Å²) in [5.74, 6) is -1.37. The normalized spacial score (nSPS) is 11.2. The number of nitrogens with zero attached hydrogens (tertiary/aromatic N) is 2. The maximum absolute atomic E-state index is 14.9. The van der Waals surface area contributed by atoms with Crippen LogP contribution in [-0.4, -0.2) is 22.6 Å². The van der Waals surface area contributed by atoms with E-state index in [1.165, 1.54) is 43.8 Å². The number of ether oxygens (including phenoxy) is 1. The van der Waals surface area contributed by atoms with Crippen LogP contribution in [0.5, 0.6) is 0 Å². The lowest BCUT2D eigenvalue weighted by atomic mass is 10.0. The first-order valence-corrected chi connectivity index (χ1v) is 10.7. The summed E-state index contributed by atoms with van der Waals surface area (Å²) in [6.45, 7) is 3.80. The first-order valence-electron chi connectivity index (χ1n) is 10.4. The molecule has 0 spiro atoms. The van der Waals surface area contributed by atoms with Crippen LogP contribution in [0.2, 0.25) is 5.02 Å². The van der Waals surface area contributed by atoms with E-state index in [9.17, 15) is 22.4 Å². The number of aromatic nitrogens is 2. The van der Waals surface area contributed by atoms with Gasteiger partial charge in [-0.2, -0.15) is 13.2 Å². The van der Waals surface area contributed by atoms with E-state index in [0.717, 1.165) is 12.1 Å². The predicted octanol–water partition coefficient (Wildman–Crippen LogP) is 7.38. The van der Waals surface area contributed by atoms with Crippen LogP contribution in [0.25, 0.3) is 22.2 Å². The van der Waals surface area contributed by atoms with Crippen molar-refractivity contribution in [2.75, 3.05) is 7.11 Å². The highest BCUT2D eigenvalue weighted by Gasteiger charge is 2.34. The number of hydrogen-bond donors (Lipinski definition) is 0. The third kappa shape index (κ3) is 4.92. The molecule has 0 bridgehead atoms. The van der Waals surface area contributed by atoms with Crippen molar-refractivity contribution in [1.82, 2.24) is 9.55 Å². The van der Waals surface area contributed by atoms with Gasteiger partial charge in [-0.05, 0) is 36.4 Å². The average Bonchev–Trinajstić information content (AvgIpc) is 3.18. The number of carbonyl (C=O) groups excluding carboxylic acids is 1. The zero-order valence-electron chi connectivity index (χ0n) is 18.6. The monoisotopic (exact) mass is 492 g/mol. The molecule has 0 amide bonds. The van der Waals surface area contributed by atoms with E-state index >= 15 is 0 Å². The standard InChI is InChI=1S/C23H15ClF4N2O2.C2H6/c1-32-22(31)13-7-8-14(19(25)10-13)15-11-30(20-6-3-9-29-21(15)20)12-16-17(23(26,27)28)4-2-5-18(16)24;1-2/h2-11H,12H2,1H3;1-2H3. The number of rotatable bonds is 4. The van der Waals surface area contributed by atoms with Gasteiger partial charge >= 0.3 is 12.1 Å². The van der Waals surface area contributed by atoms with Crippen molar-refractivity contribution in [3.63, 3.8) is 0 Å². The average molecular weight is 493 g/mol. The van der Waals surface area contributed by atoms with Gasteiger partial charge in [-0.25, -0.2) is 9.18 Å². The number of pyridine rings is 1. The molecule has 0 aliphatic rings. The minimum Gasteiger partial charge on any atom is -0.465 e. The van der Waals surface area contributed by atoms with Crippen molar-refractivity contribution < 1.29 is 27.1 Å². The fraction of sp³-hybridized carbons (Fsp3) is 0.200. The quantitative estimate of drug-likeness (QED) is 0.220. The Morgan fingerprint density at radius 2 is 1.82 bits per heavy atom. The third-order valence-corrected chi connectivity index (χ3v) is 5.42. The van der Waals surface area contributed by atoms with Crippen molar-refractivity contribution in [3.05, 3.63) is 88.5 Å². The Bertz CT molecular complexity index is 1330. The van der Waals surface area contributed by atoms with Crippen LogP contribution in [0, 0.1) is 5.82 Å². The number of hydrogen-bond acceptors (Lipinski definition) is 3. The van der Waals surface area contributed by atoms with Crippen LogP contribution >= 0.6 is 11.6 Å². The number of alkyl halides is 3. The predicted molar refractivity (Wildman–Crippen MR) is 123 cm³/mol. The second kappa shape index (κ2) is 10.3. The van der Waals surface area contributed by atoms with Crippen molar-refractivity contribution in [2.24, 2.45) is 0 Å². The number of benzene rings is 2. The lowest BCUT2D eigenvalue weighted by Crippen LogP contribution is -2.12. The highest BCUT2D eigenvalue weighted by molar-refractivity contribution is 6.31. The van der Waals surface area contributed by atoms with Gasteiger partial charge in [0.15, 0.2) is 0 Å². The molecule has 2 heterocycles. The van der Waals surface area contributed by atoms with Crippen LogP contribution in [0.4, 0.5) is 17.6 Å². The summed E-state index contributed by atoms with van der Waals surface area (Å²) >= 11 is 6.11. The zero-order valence-corrected chi connectivity index (χ0v) is 19.3. The molecule has 0 atom stereocenters. The molecule has 34 heavy (non-hydrogen) atoms. The zero-order chi connectivity index (χ0) is 25.0. The maximum Gasteiger partial charge on any atom is 0.416 e. The van der Waals surface area contributed by atoms with Crippen molar-refractivity contribution in [2.45, 2.75) is 26.6 Å². The fourth-order valence-electron chi connectivity index (χ4n) is 3.58. The minimum absolute atomic E-state index is 0.0271. The largest absolute Gasteiger partial charge is 0.465 e. The first-order chi connectivity index (χ1) is 16.2. The first kappa shape index (κ1) is 25.2. The van der Waals surface area contributed by atoms with Crippen molar-refractivity contribution >= 4 is 28.6 Å². The van der Waals surface area contributed by atoms with Gasteiger partial charge in [0.2, 0.25) is 0 Å². The van der Waals surface area contributed by atoms with Crippen LogP contribution in [0.15, 0.2) is 60.9 Å². The Hall–Kier alpha value is -3.39. The van der Waals surface area contributed by atoms with Gasteiger partial charge in [-0.3, -0.25) is 4.98 Å². The fourth-order valence-corrected chi connectivity index (χ4v) is 3.82. The number of methoxy groups -OCH3 is 1. The molecule has 4 nitrogen and oxygen atoms in total. The summed E-state index contributed by atoms with van der Waals surface area (Å²) in [5, 5.41) is -0.0271. The van der Waals surface area contributed by atoms with Gasteiger partial charge in [0, 0.05) is 40.7 Å². The molecule has 0 saturated carbocycles. The van der Waals surface area contributed by atoms with Gasteiger partial charge in [0.1, 0.15) is 5.82 Å². The summed E-state index contributed by atoms with van der Waals surface area (Å²) in [4.78, 5) is 16.0. The molecule has 4 aromatic rings. The van der Waals surface area contributed by atoms with Crippen LogP contribution in [0.1, 0.15) is 35.3 Å². The van der Waals surface area contributed by atoms with E-state index in [4.69, 9.17) is 11.6 Å². The summed E-state index contributed by atoms with van der Waals surface area (Å²) in [6, 6.07) is 10.8.